The fraction of sp³-hybridized carbons (Fsp3) is 0.409. The van der Waals surface area contributed by atoms with Crippen molar-refractivity contribution in [3.63, 3.8) is 0 Å². The van der Waals surface area contributed by atoms with E-state index in [2.05, 4.69) is 6.92 Å². The molecule has 0 radical (unpaired) electrons. The second-order valence-electron chi connectivity index (χ2n) is 6.18. The van der Waals surface area contributed by atoms with Crippen molar-refractivity contribution in [1.29, 1.82) is 0 Å². The van der Waals surface area contributed by atoms with E-state index in [1.54, 1.807) is 30.1 Å². The van der Waals surface area contributed by atoms with Crippen LogP contribution in [0.5, 0.6) is 17.2 Å². The molecule has 0 unspecified atom stereocenters. The van der Waals surface area contributed by atoms with Crippen LogP contribution in [-0.2, 0) is 0 Å². The highest BCUT2D eigenvalue weighted by Crippen LogP contribution is 2.29. The molecule has 0 N–H and O–H groups in total. The Balaban J connectivity index is 1.89. The van der Waals surface area contributed by atoms with Crippen LogP contribution in [0.15, 0.2) is 48.5 Å². The highest BCUT2D eigenvalue weighted by Gasteiger charge is 2.15. The van der Waals surface area contributed by atoms with Gasteiger partial charge in [-0.2, -0.15) is 0 Å². The first-order valence-corrected chi connectivity index (χ1v) is 9.48. The quantitative estimate of drug-likeness (QED) is 0.549. The minimum atomic E-state index is -0.0438. The summed E-state index contributed by atoms with van der Waals surface area (Å²) >= 11 is 0. The first-order chi connectivity index (χ1) is 13.2. The standard InChI is InChI=1S/C22H29NO4/c1-4-15-27-20-13-12-18(17-21(20)25-5-2)22(24)23(3)14-9-16-26-19-10-7-6-8-11-19/h6-8,10-13,17H,4-5,9,14-16H2,1-3H3. The molecule has 0 aliphatic carbocycles. The fourth-order valence-electron chi connectivity index (χ4n) is 2.57. The van der Waals surface area contributed by atoms with Crippen molar-refractivity contribution in [3.05, 3.63) is 54.1 Å². The van der Waals surface area contributed by atoms with E-state index in [0.717, 1.165) is 18.6 Å². The molecular weight excluding hydrogens is 342 g/mol. The predicted molar refractivity (Wildman–Crippen MR) is 107 cm³/mol. The van der Waals surface area contributed by atoms with Crippen molar-refractivity contribution in [2.75, 3.05) is 33.4 Å². The molecule has 0 heterocycles. The summed E-state index contributed by atoms with van der Waals surface area (Å²) < 4.78 is 17.0. The van der Waals surface area contributed by atoms with Crippen LogP contribution in [0.25, 0.3) is 0 Å². The Hall–Kier alpha value is -2.69. The Labute approximate surface area is 161 Å². The lowest BCUT2D eigenvalue weighted by Gasteiger charge is -2.19. The molecule has 5 heteroatoms. The van der Waals surface area contributed by atoms with Crippen molar-refractivity contribution in [1.82, 2.24) is 4.90 Å². The number of rotatable bonds is 11. The lowest BCUT2D eigenvalue weighted by Crippen LogP contribution is -2.28. The van der Waals surface area contributed by atoms with Crippen molar-refractivity contribution in [3.8, 4) is 17.2 Å². The summed E-state index contributed by atoms with van der Waals surface area (Å²) in [5, 5.41) is 0. The number of nitrogens with zero attached hydrogens (tertiary/aromatic N) is 1. The zero-order chi connectivity index (χ0) is 19.5. The number of para-hydroxylation sites is 1. The molecule has 0 saturated carbocycles. The topological polar surface area (TPSA) is 48.0 Å². The third-order valence-corrected chi connectivity index (χ3v) is 3.95. The zero-order valence-electron chi connectivity index (χ0n) is 16.4. The first kappa shape index (κ1) is 20.6. The Kier molecular flexibility index (Phi) is 8.49. The molecule has 0 fully saturated rings. The second-order valence-corrected chi connectivity index (χ2v) is 6.18. The molecule has 27 heavy (non-hydrogen) atoms. The second kappa shape index (κ2) is 11.1. The summed E-state index contributed by atoms with van der Waals surface area (Å²) in [5.74, 6) is 2.08. The molecule has 0 atom stereocenters. The van der Waals surface area contributed by atoms with Gasteiger partial charge >= 0.3 is 0 Å². The first-order valence-electron chi connectivity index (χ1n) is 9.48. The molecular formula is C22H29NO4. The maximum Gasteiger partial charge on any atom is 0.253 e. The maximum atomic E-state index is 12.7. The van der Waals surface area contributed by atoms with E-state index in [9.17, 15) is 4.79 Å². The van der Waals surface area contributed by atoms with Crippen LogP contribution < -0.4 is 14.2 Å². The average molecular weight is 371 g/mol. The smallest absolute Gasteiger partial charge is 0.253 e. The summed E-state index contributed by atoms with van der Waals surface area (Å²) in [6, 6.07) is 15.0. The van der Waals surface area contributed by atoms with Gasteiger partial charge in [0.1, 0.15) is 5.75 Å². The molecule has 5 nitrogen and oxygen atoms in total. The molecule has 0 aliphatic heterocycles. The number of hydrogen-bond donors (Lipinski definition) is 0. The summed E-state index contributed by atoms with van der Waals surface area (Å²) in [5.41, 5.74) is 0.591. The van der Waals surface area contributed by atoms with Crippen molar-refractivity contribution >= 4 is 5.91 Å². The molecule has 2 rings (SSSR count). The number of carbonyl (C=O) groups excluding carboxylic acids is 1. The number of amides is 1. The van der Waals surface area contributed by atoms with E-state index in [0.29, 0.717) is 43.4 Å². The van der Waals surface area contributed by atoms with E-state index >= 15 is 0 Å². The molecule has 2 aromatic rings. The van der Waals surface area contributed by atoms with Crippen LogP contribution in [0, 0.1) is 0 Å². The fourth-order valence-corrected chi connectivity index (χ4v) is 2.57. The van der Waals surface area contributed by atoms with Gasteiger partial charge in [-0.15, -0.1) is 0 Å². The van der Waals surface area contributed by atoms with Gasteiger partial charge in [-0.05, 0) is 50.1 Å². The minimum Gasteiger partial charge on any atom is -0.494 e. The zero-order valence-corrected chi connectivity index (χ0v) is 16.4. The van der Waals surface area contributed by atoms with Crippen LogP contribution in [0.2, 0.25) is 0 Å². The van der Waals surface area contributed by atoms with Gasteiger partial charge in [0, 0.05) is 19.2 Å². The SMILES string of the molecule is CCCOc1ccc(C(=O)N(C)CCCOc2ccccc2)cc1OCC. The summed E-state index contributed by atoms with van der Waals surface area (Å²) in [7, 11) is 1.80. The lowest BCUT2D eigenvalue weighted by molar-refractivity contribution is 0.0787. The summed E-state index contributed by atoms with van der Waals surface area (Å²) in [4.78, 5) is 14.4. The molecule has 0 spiro atoms. The van der Waals surface area contributed by atoms with Gasteiger partial charge in [0.2, 0.25) is 0 Å². The molecule has 0 aromatic heterocycles. The van der Waals surface area contributed by atoms with E-state index in [1.165, 1.54) is 0 Å². The van der Waals surface area contributed by atoms with Gasteiger partial charge < -0.3 is 19.1 Å². The van der Waals surface area contributed by atoms with Gasteiger partial charge in [-0.3, -0.25) is 4.79 Å². The van der Waals surface area contributed by atoms with E-state index < -0.39 is 0 Å². The molecule has 0 aliphatic rings. The maximum absolute atomic E-state index is 12.7. The third-order valence-electron chi connectivity index (χ3n) is 3.95. The molecule has 0 bridgehead atoms. The molecule has 2 aromatic carbocycles. The number of benzene rings is 2. The molecule has 1 amide bonds. The highest BCUT2D eigenvalue weighted by molar-refractivity contribution is 5.94. The Morgan fingerprint density at radius 2 is 1.70 bits per heavy atom. The van der Waals surface area contributed by atoms with Crippen molar-refractivity contribution < 1.29 is 19.0 Å². The number of hydrogen-bond acceptors (Lipinski definition) is 4. The van der Waals surface area contributed by atoms with Crippen molar-refractivity contribution in [2.24, 2.45) is 0 Å². The lowest BCUT2D eigenvalue weighted by atomic mass is 10.1. The Morgan fingerprint density at radius 3 is 2.41 bits per heavy atom. The third kappa shape index (κ3) is 6.51. The largest absolute Gasteiger partial charge is 0.494 e. The van der Waals surface area contributed by atoms with Gasteiger partial charge in [-0.25, -0.2) is 0 Å². The van der Waals surface area contributed by atoms with Gasteiger partial charge in [0.25, 0.3) is 5.91 Å². The van der Waals surface area contributed by atoms with Gasteiger partial charge in [0.15, 0.2) is 11.5 Å². The van der Waals surface area contributed by atoms with Gasteiger partial charge in [0.05, 0.1) is 19.8 Å². The summed E-state index contributed by atoms with van der Waals surface area (Å²) in [6.45, 7) is 6.28. The van der Waals surface area contributed by atoms with Crippen LogP contribution in [0.3, 0.4) is 0 Å². The van der Waals surface area contributed by atoms with Crippen LogP contribution in [0.4, 0.5) is 0 Å². The number of carbonyl (C=O) groups is 1. The summed E-state index contributed by atoms with van der Waals surface area (Å²) in [6.07, 6.45) is 1.67. The molecule has 146 valence electrons. The van der Waals surface area contributed by atoms with E-state index in [-0.39, 0.29) is 5.91 Å². The van der Waals surface area contributed by atoms with E-state index in [4.69, 9.17) is 14.2 Å². The highest BCUT2D eigenvalue weighted by atomic mass is 16.5. The Morgan fingerprint density at radius 1 is 0.926 bits per heavy atom. The van der Waals surface area contributed by atoms with Crippen LogP contribution >= 0.6 is 0 Å². The van der Waals surface area contributed by atoms with Crippen molar-refractivity contribution in [2.45, 2.75) is 26.7 Å². The monoisotopic (exact) mass is 371 g/mol. The van der Waals surface area contributed by atoms with Crippen LogP contribution in [-0.4, -0.2) is 44.2 Å². The normalized spacial score (nSPS) is 10.3. The predicted octanol–water partition coefficient (Wildman–Crippen LogP) is 4.42. The van der Waals surface area contributed by atoms with E-state index in [1.807, 2.05) is 37.3 Å². The van der Waals surface area contributed by atoms with Gasteiger partial charge in [-0.1, -0.05) is 25.1 Å². The minimum absolute atomic E-state index is 0.0438. The Bertz CT molecular complexity index is 703. The van der Waals surface area contributed by atoms with Crippen LogP contribution in [0.1, 0.15) is 37.0 Å². The number of ether oxygens (including phenoxy) is 3. The molecule has 0 saturated heterocycles. The average Bonchev–Trinajstić information content (AvgIpc) is 2.70.